The van der Waals surface area contributed by atoms with Gasteiger partial charge < -0.3 is 0 Å². The molecule has 104 valence electrons. The van der Waals surface area contributed by atoms with Crippen LogP contribution in [0.15, 0.2) is 54.6 Å². The molecule has 0 saturated heterocycles. The topological polar surface area (TPSA) is 23.8 Å². The highest BCUT2D eigenvalue weighted by molar-refractivity contribution is 5.63. The van der Waals surface area contributed by atoms with Crippen LogP contribution in [0.4, 0.5) is 0 Å². The minimum absolute atomic E-state index is 0.242. The molecule has 0 amide bonds. The Morgan fingerprint density at radius 2 is 1.48 bits per heavy atom. The first-order chi connectivity index (χ1) is 10.4. The van der Waals surface area contributed by atoms with Crippen LogP contribution in [-0.4, -0.2) is 0 Å². The molecule has 2 aliphatic carbocycles. The van der Waals surface area contributed by atoms with E-state index in [1.807, 2.05) is 6.07 Å². The normalized spacial score (nSPS) is 30.2. The highest BCUT2D eigenvalue weighted by atomic mass is 14.5. The van der Waals surface area contributed by atoms with E-state index < -0.39 is 0 Å². The van der Waals surface area contributed by atoms with Crippen LogP contribution in [0.25, 0.3) is 11.1 Å². The van der Waals surface area contributed by atoms with Gasteiger partial charge in [0, 0.05) is 5.92 Å². The summed E-state index contributed by atoms with van der Waals surface area (Å²) in [5, 5.41) is 9.50. The van der Waals surface area contributed by atoms with Gasteiger partial charge in [-0.3, -0.25) is 0 Å². The molecule has 21 heavy (non-hydrogen) atoms. The monoisotopic (exact) mass is 273 g/mol. The number of rotatable bonds is 2. The summed E-state index contributed by atoms with van der Waals surface area (Å²) in [5.74, 6) is 2.10. The van der Waals surface area contributed by atoms with Gasteiger partial charge in [0.2, 0.25) is 0 Å². The van der Waals surface area contributed by atoms with Gasteiger partial charge in [0.25, 0.3) is 0 Å². The minimum atomic E-state index is 0.242. The van der Waals surface area contributed by atoms with Crippen LogP contribution in [0, 0.1) is 29.1 Å². The maximum atomic E-state index is 9.50. The molecule has 0 N–H and O–H groups in total. The minimum Gasteiger partial charge on any atom is -0.198 e. The lowest BCUT2D eigenvalue weighted by Gasteiger charge is -2.26. The van der Waals surface area contributed by atoms with E-state index in [1.54, 1.807) is 0 Å². The Kier molecular flexibility index (Phi) is 3.04. The number of nitriles is 1. The van der Waals surface area contributed by atoms with E-state index in [4.69, 9.17) is 0 Å². The summed E-state index contributed by atoms with van der Waals surface area (Å²) in [6.45, 7) is 0. The van der Waals surface area contributed by atoms with Crippen LogP contribution in [0.5, 0.6) is 0 Å². The Bertz CT molecular complexity index is 665. The van der Waals surface area contributed by atoms with Crippen LogP contribution in [0.1, 0.15) is 30.7 Å². The van der Waals surface area contributed by atoms with Crippen molar-refractivity contribution in [3.8, 4) is 17.2 Å². The third-order valence-electron chi connectivity index (χ3n) is 5.47. The third kappa shape index (κ3) is 2.07. The molecule has 2 aromatic carbocycles. The van der Waals surface area contributed by atoms with Crippen molar-refractivity contribution < 1.29 is 0 Å². The molecule has 0 unspecified atom stereocenters. The van der Waals surface area contributed by atoms with Gasteiger partial charge in [0.1, 0.15) is 0 Å². The van der Waals surface area contributed by atoms with Gasteiger partial charge >= 0.3 is 0 Å². The lowest BCUT2D eigenvalue weighted by atomic mass is 9.76. The molecule has 4 atom stereocenters. The van der Waals surface area contributed by atoms with Crippen LogP contribution < -0.4 is 0 Å². The molecule has 2 aliphatic rings. The Morgan fingerprint density at radius 3 is 2.19 bits per heavy atom. The summed E-state index contributed by atoms with van der Waals surface area (Å²) >= 11 is 0. The smallest absolute Gasteiger partial charge is 0.0665 e. The van der Waals surface area contributed by atoms with Crippen LogP contribution >= 0.6 is 0 Å². The first-order valence-electron chi connectivity index (χ1n) is 7.92. The first kappa shape index (κ1) is 12.7. The highest BCUT2D eigenvalue weighted by Gasteiger charge is 2.48. The molecule has 1 nitrogen and oxygen atoms in total. The molecule has 2 aromatic rings. The zero-order valence-electron chi connectivity index (χ0n) is 12.1. The zero-order valence-corrected chi connectivity index (χ0v) is 12.1. The number of nitrogens with zero attached hydrogens (tertiary/aromatic N) is 1. The lowest BCUT2D eigenvalue weighted by molar-refractivity contribution is 0.349. The first-order valence-corrected chi connectivity index (χ1v) is 7.92. The Labute approximate surface area is 126 Å². The SMILES string of the molecule is N#C[C@@H]1[C@H]2CC[C@H](C2)[C@@H]1c1ccc(-c2ccccc2)cc1. The van der Waals surface area contributed by atoms with Crippen molar-refractivity contribution in [1.29, 1.82) is 5.26 Å². The summed E-state index contributed by atoms with van der Waals surface area (Å²) in [7, 11) is 0. The zero-order chi connectivity index (χ0) is 14.2. The van der Waals surface area contributed by atoms with Gasteiger partial charge in [-0.05, 0) is 47.8 Å². The lowest BCUT2D eigenvalue weighted by Crippen LogP contribution is -2.19. The molecule has 0 heterocycles. The van der Waals surface area contributed by atoms with Crippen molar-refractivity contribution in [2.45, 2.75) is 25.2 Å². The number of hydrogen-bond acceptors (Lipinski definition) is 1. The molecule has 0 radical (unpaired) electrons. The van der Waals surface area contributed by atoms with Crippen molar-refractivity contribution in [3.63, 3.8) is 0 Å². The predicted octanol–water partition coefficient (Wildman–Crippen LogP) is 5.01. The van der Waals surface area contributed by atoms with Crippen molar-refractivity contribution in [1.82, 2.24) is 0 Å². The summed E-state index contributed by atoms with van der Waals surface area (Å²) in [5.41, 5.74) is 3.89. The fourth-order valence-electron chi connectivity index (χ4n) is 4.49. The molecule has 1 heteroatoms. The molecule has 2 bridgehead atoms. The quantitative estimate of drug-likeness (QED) is 0.754. The van der Waals surface area contributed by atoms with Crippen molar-refractivity contribution in [3.05, 3.63) is 60.2 Å². The van der Waals surface area contributed by atoms with Gasteiger partial charge in [-0.25, -0.2) is 0 Å². The summed E-state index contributed by atoms with van der Waals surface area (Å²) in [6, 6.07) is 22.0. The van der Waals surface area contributed by atoms with Gasteiger partial charge in [0.15, 0.2) is 0 Å². The summed E-state index contributed by atoms with van der Waals surface area (Å²) < 4.78 is 0. The van der Waals surface area contributed by atoms with Gasteiger partial charge in [-0.15, -0.1) is 0 Å². The molecule has 0 aliphatic heterocycles. The average molecular weight is 273 g/mol. The van der Waals surface area contributed by atoms with Gasteiger partial charge in [-0.1, -0.05) is 54.6 Å². The Morgan fingerprint density at radius 1 is 0.810 bits per heavy atom. The number of fused-ring (bicyclic) bond motifs is 2. The van der Waals surface area contributed by atoms with E-state index in [2.05, 4.69) is 54.6 Å². The van der Waals surface area contributed by atoms with E-state index in [-0.39, 0.29) is 5.92 Å². The molecular weight excluding hydrogens is 254 g/mol. The van der Waals surface area contributed by atoms with E-state index >= 15 is 0 Å². The van der Waals surface area contributed by atoms with Crippen molar-refractivity contribution in [2.75, 3.05) is 0 Å². The van der Waals surface area contributed by atoms with Crippen molar-refractivity contribution in [2.24, 2.45) is 17.8 Å². The van der Waals surface area contributed by atoms with Crippen LogP contribution in [-0.2, 0) is 0 Å². The summed E-state index contributed by atoms with van der Waals surface area (Å²) in [4.78, 5) is 0. The molecule has 2 fully saturated rings. The molecular formula is C20H19N. The molecule has 0 aromatic heterocycles. The maximum Gasteiger partial charge on any atom is 0.0665 e. The fourth-order valence-corrected chi connectivity index (χ4v) is 4.49. The Hall–Kier alpha value is -2.07. The van der Waals surface area contributed by atoms with Crippen molar-refractivity contribution >= 4 is 0 Å². The number of hydrogen-bond donors (Lipinski definition) is 0. The van der Waals surface area contributed by atoms with Crippen LogP contribution in [0.3, 0.4) is 0 Å². The standard InChI is InChI=1S/C20H19N/c21-13-19-17-10-11-18(12-17)20(19)16-8-6-15(7-9-16)14-4-2-1-3-5-14/h1-9,17-20H,10-12H2/t17-,18+,19+,20-/m0/s1. The fraction of sp³-hybridized carbons (Fsp3) is 0.350. The van der Waals surface area contributed by atoms with Crippen LogP contribution in [0.2, 0.25) is 0 Å². The average Bonchev–Trinajstić information content (AvgIpc) is 3.16. The maximum absolute atomic E-state index is 9.50. The second-order valence-corrected chi connectivity index (χ2v) is 6.50. The largest absolute Gasteiger partial charge is 0.198 e. The molecule has 4 rings (SSSR count). The van der Waals surface area contributed by atoms with E-state index in [0.717, 1.165) is 5.92 Å². The van der Waals surface area contributed by atoms with Gasteiger partial charge in [-0.2, -0.15) is 5.26 Å². The molecule has 2 saturated carbocycles. The van der Waals surface area contributed by atoms with Gasteiger partial charge in [0.05, 0.1) is 12.0 Å². The number of benzene rings is 2. The highest BCUT2D eigenvalue weighted by Crippen LogP contribution is 2.56. The summed E-state index contributed by atoms with van der Waals surface area (Å²) in [6.07, 6.45) is 3.85. The third-order valence-corrected chi connectivity index (χ3v) is 5.47. The second-order valence-electron chi connectivity index (χ2n) is 6.50. The Balaban J connectivity index is 1.64. The second kappa shape index (κ2) is 5.04. The van der Waals surface area contributed by atoms with E-state index in [0.29, 0.717) is 11.8 Å². The predicted molar refractivity (Wildman–Crippen MR) is 84.6 cm³/mol. The van der Waals surface area contributed by atoms with E-state index in [1.165, 1.54) is 36.0 Å². The van der Waals surface area contributed by atoms with E-state index in [9.17, 15) is 5.26 Å². The molecule has 0 spiro atoms.